The van der Waals surface area contributed by atoms with Gasteiger partial charge in [0.2, 0.25) is 0 Å². The Balaban J connectivity index is 2.10. The van der Waals surface area contributed by atoms with Crippen LogP contribution in [0.15, 0.2) is 52.0 Å². The van der Waals surface area contributed by atoms with Crippen LogP contribution in [0.1, 0.15) is 28.4 Å². The van der Waals surface area contributed by atoms with Crippen LogP contribution < -0.4 is 5.43 Å². The van der Waals surface area contributed by atoms with Gasteiger partial charge in [-0.1, -0.05) is 45.7 Å². The smallest absolute Gasteiger partial charge is 0.267 e. The predicted octanol–water partition coefficient (Wildman–Crippen LogP) is 4.56. The van der Waals surface area contributed by atoms with Crippen molar-refractivity contribution in [3.05, 3.63) is 68.7 Å². The van der Waals surface area contributed by atoms with Crippen molar-refractivity contribution in [3.8, 4) is 0 Å². The summed E-state index contributed by atoms with van der Waals surface area (Å²) in [4.78, 5) is 12.0. The van der Waals surface area contributed by atoms with Crippen molar-refractivity contribution in [3.63, 3.8) is 0 Å². The van der Waals surface area contributed by atoms with E-state index in [1.54, 1.807) is 24.3 Å². The number of hydrogen-bond acceptors (Lipinski definition) is 2. The highest BCUT2D eigenvalue weighted by atomic mass is 79.9. The molecule has 0 aliphatic carbocycles. The zero-order valence-electron chi connectivity index (χ0n) is 11.7. The topological polar surface area (TPSA) is 41.5 Å². The van der Waals surface area contributed by atoms with Gasteiger partial charge in [0.15, 0.2) is 0 Å². The van der Waals surface area contributed by atoms with Crippen LogP contribution in [0.25, 0.3) is 0 Å². The van der Waals surface area contributed by atoms with E-state index in [0.29, 0.717) is 16.3 Å². The Hall–Kier alpha value is -1.65. The van der Waals surface area contributed by atoms with Gasteiger partial charge < -0.3 is 0 Å². The summed E-state index contributed by atoms with van der Waals surface area (Å²) in [6.07, 6.45) is 0. The van der Waals surface area contributed by atoms with Gasteiger partial charge in [-0.25, -0.2) is 5.43 Å². The van der Waals surface area contributed by atoms with Crippen LogP contribution in [0.3, 0.4) is 0 Å². The first-order valence-electron chi connectivity index (χ1n) is 6.34. The Kier molecular flexibility index (Phi) is 5.15. The lowest BCUT2D eigenvalue weighted by atomic mass is 10.1. The quantitative estimate of drug-likeness (QED) is 0.628. The number of hydrazone groups is 1. The molecule has 0 aliphatic rings. The molecule has 0 atom stereocenters. The lowest BCUT2D eigenvalue weighted by molar-refractivity contribution is 0.0955. The Morgan fingerprint density at radius 2 is 1.76 bits per heavy atom. The number of carbonyl (C=O) groups excluding carboxylic acids is 1. The molecule has 1 amide bonds. The van der Waals surface area contributed by atoms with Crippen LogP contribution >= 0.6 is 27.5 Å². The van der Waals surface area contributed by atoms with E-state index in [1.807, 2.05) is 32.0 Å². The zero-order chi connectivity index (χ0) is 15.4. The van der Waals surface area contributed by atoms with Gasteiger partial charge in [-0.2, -0.15) is 5.10 Å². The number of halogens is 2. The highest BCUT2D eigenvalue weighted by molar-refractivity contribution is 9.10. The molecule has 0 bridgehead atoms. The molecule has 0 saturated carbocycles. The summed E-state index contributed by atoms with van der Waals surface area (Å²) in [7, 11) is 0. The molecule has 0 fully saturated rings. The molecule has 0 radical (unpaired) electrons. The molecule has 0 heterocycles. The fourth-order valence-electron chi connectivity index (χ4n) is 1.69. The molecule has 2 aromatic rings. The third-order valence-corrected chi connectivity index (χ3v) is 4.13. The number of rotatable bonds is 3. The SMILES string of the molecule is C/C(=N\NC(=O)c1ccc(C)c(Br)c1)c1ccc(Cl)cc1. The van der Waals surface area contributed by atoms with Crippen molar-refractivity contribution in [2.45, 2.75) is 13.8 Å². The maximum Gasteiger partial charge on any atom is 0.271 e. The largest absolute Gasteiger partial charge is 0.271 e. The summed E-state index contributed by atoms with van der Waals surface area (Å²) in [6.45, 7) is 3.79. The van der Waals surface area contributed by atoms with Gasteiger partial charge in [-0.15, -0.1) is 0 Å². The Morgan fingerprint density at radius 3 is 2.38 bits per heavy atom. The highest BCUT2D eigenvalue weighted by Gasteiger charge is 2.06. The average Bonchev–Trinajstić information content (AvgIpc) is 2.48. The van der Waals surface area contributed by atoms with Crippen LogP contribution in [-0.4, -0.2) is 11.6 Å². The van der Waals surface area contributed by atoms with Crippen molar-refractivity contribution in [2.75, 3.05) is 0 Å². The fourth-order valence-corrected chi connectivity index (χ4v) is 2.19. The molecule has 5 heteroatoms. The van der Waals surface area contributed by atoms with E-state index >= 15 is 0 Å². The fraction of sp³-hybridized carbons (Fsp3) is 0.125. The molecular formula is C16H14BrClN2O. The molecule has 108 valence electrons. The summed E-state index contributed by atoms with van der Waals surface area (Å²) in [5, 5.41) is 4.78. The molecule has 21 heavy (non-hydrogen) atoms. The summed E-state index contributed by atoms with van der Waals surface area (Å²) < 4.78 is 0.897. The van der Waals surface area contributed by atoms with E-state index in [-0.39, 0.29) is 5.91 Å². The molecule has 3 nitrogen and oxygen atoms in total. The van der Waals surface area contributed by atoms with Gasteiger partial charge in [0.1, 0.15) is 0 Å². The van der Waals surface area contributed by atoms with Crippen LogP contribution in [-0.2, 0) is 0 Å². The van der Waals surface area contributed by atoms with Crippen LogP contribution in [0.4, 0.5) is 0 Å². The molecule has 0 aromatic heterocycles. The molecule has 2 aromatic carbocycles. The number of hydrogen-bond donors (Lipinski definition) is 1. The van der Waals surface area contributed by atoms with E-state index in [0.717, 1.165) is 15.6 Å². The summed E-state index contributed by atoms with van der Waals surface area (Å²) in [6, 6.07) is 12.7. The number of nitrogens with one attached hydrogen (secondary N) is 1. The first-order chi connectivity index (χ1) is 9.97. The Bertz CT molecular complexity index is 696. The summed E-state index contributed by atoms with van der Waals surface area (Å²) >= 11 is 9.25. The van der Waals surface area contributed by atoms with E-state index in [2.05, 4.69) is 26.5 Å². The summed E-state index contributed by atoms with van der Waals surface area (Å²) in [5.74, 6) is -0.246. The van der Waals surface area contributed by atoms with Crippen LogP contribution in [0.5, 0.6) is 0 Å². The van der Waals surface area contributed by atoms with Gasteiger partial charge in [0, 0.05) is 15.1 Å². The standard InChI is InChI=1S/C16H14BrClN2O/c1-10-3-4-13(9-15(10)17)16(21)20-19-11(2)12-5-7-14(18)8-6-12/h3-9H,1-2H3,(H,20,21)/b19-11+. The predicted molar refractivity (Wildman–Crippen MR) is 90.0 cm³/mol. The molecule has 0 aliphatic heterocycles. The lowest BCUT2D eigenvalue weighted by Crippen LogP contribution is -2.19. The summed E-state index contributed by atoms with van der Waals surface area (Å²) in [5.41, 5.74) is 5.81. The normalized spacial score (nSPS) is 11.3. The van der Waals surface area contributed by atoms with Crippen molar-refractivity contribution < 1.29 is 4.79 Å². The zero-order valence-corrected chi connectivity index (χ0v) is 14.0. The van der Waals surface area contributed by atoms with Gasteiger partial charge in [0.05, 0.1) is 5.71 Å². The highest BCUT2D eigenvalue weighted by Crippen LogP contribution is 2.17. The second-order valence-corrected chi connectivity index (χ2v) is 5.90. The molecule has 0 saturated heterocycles. The molecule has 1 N–H and O–H groups in total. The monoisotopic (exact) mass is 364 g/mol. The maximum atomic E-state index is 12.0. The Labute approximate surface area is 137 Å². The van der Waals surface area contributed by atoms with Crippen molar-refractivity contribution in [2.24, 2.45) is 5.10 Å². The first kappa shape index (κ1) is 15.7. The maximum absolute atomic E-state index is 12.0. The molecule has 0 spiro atoms. The van der Waals surface area contributed by atoms with Crippen LogP contribution in [0.2, 0.25) is 5.02 Å². The van der Waals surface area contributed by atoms with Crippen molar-refractivity contribution in [1.29, 1.82) is 0 Å². The van der Waals surface area contributed by atoms with E-state index in [9.17, 15) is 4.79 Å². The second-order valence-electron chi connectivity index (χ2n) is 4.61. The third-order valence-electron chi connectivity index (χ3n) is 3.02. The molecule has 0 unspecified atom stereocenters. The first-order valence-corrected chi connectivity index (χ1v) is 7.51. The van der Waals surface area contributed by atoms with Gasteiger partial charge >= 0.3 is 0 Å². The number of aryl methyl sites for hydroxylation is 1. The van der Waals surface area contributed by atoms with Gasteiger partial charge in [0.25, 0.3) is 5.91 Å². The van der Waals surface area contributed by atoms with E-state index in [4.69, 9.17) is 11.6 Å². The lowest BCUT2D eigenvalue weighted by Gasteiger charge is -2.05. The average molecular weight is 366 g/mol. The number of nitrogens with zero attached hydrogens (tertiary/aromatic N) is 1. The molecular weight excluding hydrogens is 352 g/mol. The van der Waals surface area contributed by atoms with Gasteiger partial charge in [-0.05, 0) is 49.2 Å². The second kappa shape index (κ2) is 6.87. The minimum absolute atomic E-state index is 0.246. The van der Waals surface area contributed by atoms with E-state index in [1.165, 1.54) is 0 Å². The van der Waals surface area contributed by atoms with Crippen LogP contribution in [0, 0.1) is 6.92 Å². The van der Waals surface area contributed by atoms with Gasteiger partial charge in [-0.3, -0.25) is 4.79 Å². The third kappa shape index (κ3) is 4.16. The van der Waals surface area contributed by atoms with Crippen molar-refractivity contribution in [1.82, 2.24) is 5.43 Å². The molecule has 2 rings (SSSR count). The number of benzene rings is 2. The minimum atomic E-state index is -0.246. The number of amides is 1. The minimum Gasteiger partial charge on any atom is -0.267 e. The van der Waals surface area contributed by atoms with E-state index < -0.39 is 0 Å². The van der Waals surface area contributed by atoms with Crippen molar-refractivity contribution >= 4 is 39.1 Å². The Morgan fingerprint density at radius 1 is 1.14 bits per heavy atom. The number of carbonyl (C=O) groups is 1.